The fraction of sp³-hybridized carbons (Fsp3) is 0.190. The van der Waals surface area contributed by atoms with Crippen LogP contribution in [-0.2, 0) is 21.2 Å². The lowest BCUT2D eigenvalue weighted by molar-refractivity contribution is 0.0597. The summed E-state index contributed by atoms with van der Waals surface area (Å²) in [7, 11) is -1.39. The largest absolute Gasteiger partial charge is 0.496 e. The summed E-state index contributed by atoms with van der Waals surface area (Å²) in [5.74, 6) is -1.41. The number of sulfonamides is 1. The van der Waals surface area contributed by atoms with Gasteiger partial charge in [-0.25, -0.2) is 17.9 Å². The Morgan fingerprint density at radius 3 is 2.44 bits per heavy atom. The first-order chi connectivity index (χ1) is 15.1. The van der Waals surface area contributed by atoms with E-state index in [2.05, 4.69) is 14.7 Å². The second kappa shape index (κ2) is 9.10. The summed E-state index contributed by atoms with van der Waals surface area (Å²) in [6, 6.07) is 10.7. The van der Waals surface area contributed by atoms with Gasteiger partial charge in [-0.3, -0.25) is 9.78 Å². The predicted molar refractivity (Wildman–Crippen MR) is 116 cm³/mol. The van der Waals surface area contributed by atoms with Gasteiger partial charge in [0.2, 0.25) is 11.8 Å². The lowest BCUT2D eigenvalue weighted by Gasteiger charge is -2.11. The number of methoxy groups -OCH3 is 2. The van der Waals surface area contributed by atoms with Gasteiger partial charge in [-0.05, 0) is 36.8 Å². The van der Waals surface area contributed by atoms with E-state index < -0.39 is 33.4 Å². The summed E-state index contributed by atoms with van der Waals surface area (Å²) >= 11 is 0. The van der Waals surface area contributed by atoms with Gasteiger partial charge in [-0.2, -0.15) is 4.98 Å². The fourth-order valence-electron chi connectivity index (χ4n) is 2.94. The number of rotatable bonds is 7. The van der Waals surface area contributed by atoms with Crippen LogP contribution in [0.1, 0.15) is 27.0 Å². The third kappa shape index (κ3) is 4.89. The van der Waals surface area contributed by atoms with Gasteiger partial charge in [0.25, 0.3) is 15.6 Å². The number of aryl methyl sites for hydroxylation is 1. The summed E-state index contributed by atoms with van der Waals surface area (Å²) in [5, 5.41) is 10.3. The highest BCUT2D eigenvalue weighted by atomic mass is 32.2. The van der Waals surface area contributed by atoms with Crippen LogP contribution in [0.5, 0.6) is 11.6 Å². The number of carbonyl (C=O) groups excluding carboxylic acids is 1. The molecular formula is C21H21N3O7S. The first-order valence-electron chi connectivity index (χ1n) is 9.31. The zero-order valence-corrected chi connectivity index (χ0v) is 18.3. The second-order valence-corrected chi connectivity index (χ2v) is 8.52. The van der Waals surface area contributed by atoms with Crippen molar-refractivity contribution >= 4 is 21.9 Å². The van der Waals surface area contributed by atoms with E-state index in [1.54, 1.807) is 18.2 Å². The van der Waals surface area contributed by atoms with Gasteiger partial charge in [0.15, 0.2) is 0 Å². The van der Waals surface area contributed by atoms with Crippen molar-refractivity contribution in [1.29, 1.82) is 0 Å². The molecule has 3 rings (SSSR count). The van der Waals surface area contributed by atoms with Crippen LogP contribution in [0.3, 0.4) is 0 Å². The highest BCUT2D eigenvalue weighted by Crippen LogP contribution is 2.24. The lowest BCUT2D eigenvalue weighted by atomic mass is 10.0. The van der Waals surface area contributed by atoms with Gasteiger partial charge < -0.3 is 14.6 Å². The Morgan fingerprint density at radius 2 is 1.84 bits per heavy atom. The number of hydrogen-bond acceptors (Lipinski definition) is 8. The molecule has 11 heteroatoms. The topological polar surface area (TPSA) is 148 Å². The molecule has 32 heavy (non-hydrogen) atoms. The Kier molecular flexibility index (Phi) is 6.49. The molecule has 0 aliphatic heterocycles. The molecule has 0 bridgehead atoms. The Labute approximate surface area is 183 Å². The van der Waals surface area contributed by atoms with Gasteiger partial charge in [0.05, 0.1) is 24.7 Å². The number of aromatic hydroxyl groups is 1. The smallest absolute Gasteiger partial charge is 0.341 e. The number of nitrogens with zero attached hydrogens (tertiary/aromatic N) is 1. The maximum absolute atomic E-state index is 12.5. The van der Waals surface area contributed by atoms with Gasteiger partial charge in [-0.1, -0.05) is 23.8 Å². The van der Waals surface area contributed by atoms with Crippen LogP contribution in [0.4, 0.5) is 5.95 Å². The number of anilines is 1. The number of hydrogen-bond donors (Lipinski definition) is 3. The molecule has 0 aliphatic rings. The summed E-state index contributed by atoms with van der Waals surface area (Å²) < 4.78 is 37.0. The third-order valence-corrected chi connectivity index (χ3v) is 5.96. The SMILES string of the molecule is COC(=O)c1cc(Cc2c(O)nc(NS(=O)(=O)c3ccc(C)cc3)[nH]c2=O)ccc1OC. The standard InChI is InChI=1S/C21H21N3O7S/c1-12-4-7-14(8-5-12)32(28,29)24-21-22-18(25)16(19(26)23-21)11-13-6-9-17(30-2)15(10-13)20(27)31-3/h4-10H,11H2,1-3H3,(H3,22,23,24,25,26). The van der Waals surface area contributed by atoms with Crippen LogP contribution in [0, 0.1) is 6.92 Å². The summed E-state index contributed by atoms with van der Waals surface area (Å²) in [6.07, 6.45) is -0.0762. The van der Waals surface area contributed by atoms with Crippen LogP contribution >= 0.6 is 0 Å². The van der Waals surface area contributed by atoms with Crippen LogP contribution in [-0.4, -0.2) is 43.7 Å². The van der Waals surface area contributed by atoms with E-state index in [-0.39, 0.29) is 28.2 Å². The Morgan fingerprint density at radius 1 is 1.16 bits per heavy atom. The van der Waals surface area contributed by atoms with Crippen molar-refractivity contribution in [1.82, 2.24) is 9.97 Å². The number of aromatic amines is 1. The monoisotopic (exact) mass is 459 g/mol. The molecule has 0 unspecified atom stereocenters. The first kappa shape index (κ1) is 22.8. The van der Waals surface area contributed by atoms with E-state index in [4.69, 9.17) is 9.47 Å². The molecule has 0 aliphatic carbocycles. The molecule has 10 nitrogen and oxygen atoms in total. The summed E-state index contributed by atoms with van der Waals surface area (Å²) in [6.45, 7) is 1.82. The molecule has 0 amide bonds. The Balaban J connectivity index is 1.89. The molecule has 2 aromatic carbocycles. The van der Waals surface area contributed by atoms with Crippen molar-refractivity contribution in [3.05, 3.63) is 75.1 Å². The average molecular weight is 459 g/mol. The molecule has 1 aromatic heterocycles. The molecule has 1 heterocycles. The number of carbonyl (C=O) groups is 1. The van der Waals surface area contributed by atoms with E-state index in [1.807, 2.05) is 6.92 Å². The minimum Gasteiger partial charge on any atom is -0.496 e. The van der Waals surface area contributed by atoms with E-state index in [9.17, 15) is 23.1 Å². The van der Waals surface area contributed by atoms with Crippen molar-refractivity contribution < 1.29 is 27.8 Å². The van der Waals surface area contributed by atoms with Crippen molar-refractivity contribution in [2.24, 2.45) is 0 Å². The molecule has 0 saturated heterocycles. The molecule has 0 fully saturated rings. The number of ether oxygens (including phenoxy) is 2. The lowest BCUT2D eigenvalue weighted by Crippen LogP contribution is -2.21. The van der Waals surface area contributed by atoms with E-state index in [0.29, 0.717) is 5.56 Å². The van der Waals surface area contributed by atoms with Crippen LogP contribution in [0.25, 0.3) is 0 Å². The highest BCUT2D eigenvalue weighted by molar-refractivity contribution is 7.92. The molecule has 168 valence electrons. The number of H-pyrrole nitrogens is 1. The van der Waals surface area contributed by atoms with Crippen LogP contribution < -0.4 is 15.0 Å². The molecule has 0 atom stereocenters. The zero-order chi connectivity index (χ0) is 23.5. The number of benzene rings is 2. The molecule has 0 spiro atoms. The minimum atomic E-state index is -4.02. The normalized spacial score (nSPS) is 11.1. The number of esters is 1. The van der Waals surface area contributed by atoms with Crippen LogP contribution in [0.15, 0.2) is 52.2 Å². The van der Waals surface area contributed by atoms with Gasteiger partial charge in [0, 0.05) is 6.42 Å². The molecule has 0 radical (unpaired) electrons. The van der Waals surface area contributed by atoms with E-state index in [1.165, 1.54) is 38.5 Å². The van der Waals surface area contributed by atoms with Gasteiger partial charge >= 0.3 is 5.97 Å². The molecule has 3 N–H and O–H groups in total. The molecule has 3 aromatic rings. The quantitative estimate of drug-likeness (QED) is 0.454. The van der Waals surface area contributed by atoms with Crippen molar-refractivity contribution in [2.75, 3.05) is 18.9 Å². The maximum atomic E-state index is 12.5. The van der Waals surface area contributed by atoms with E-state index >= 15 is 0 Å². The third-order valence-electron chi connectivity index (χ3n) is 4.61. The minimum absolute atomic E-state index is 0.0251. The highest BCUT2D eigenvalue weighted by Gasteiger charge is 2.19. The number of nitrogens with one attached hydrogen (secondary N) is 2. The van der Waals surface area contributed by atoms with Crippen molar-refractivity contribution in [2.45, 2.75) is 18.2 Å². The van der Waals surface area contributed by atoms with Gasteiger partial charge in [0.1, 0.15) is 11.3 Å². The van der Waals surface area contributed by atoms with Crippen molar-refractivity contribution in [3.8, 4) is 11.6 Å². The predicted octanol–water partition coefficient (Wildman–Crippen LogP) is 1.97. The van der Waals surface area contributed by atoms with Crippen molar-refractivity contribution in [3.63, 3.8) is 0 Å². The number of aromatic nitrogens is 2. The Bertz CT molecular complexity index is 1320. The first-order valence-corrected chi connectivity index (χ1v) is 10.8. The Hall–Kier alpha value is -3.86. The van der Waals surface area contributed by atoms with Crippen LogP contribution in [0.2, 0.25) is 0 Å². The van der Waals surface area contributed by atoms with E-state index in [0.717, 1.165) is 5.56 Å². The zero-order valence-electron chi connectivity index (χ0n) is 17.5. The molecule has 0 saturated carbocycles. The fourth-order valence-corrected chi connectivity index (χ4v) is 3.90. The summed E-state index contributed by atoms with van der Waals surface area (Å²) in [4.78, 5) is 30.5. The average Bonchev–Trinajstić information content (AvgIpc) is 2.75. The summed E-state index contributed by atoms with van der Waals surface area (Å²) in [5.41, 5.74) is 0.686. The molecular weight excluding hydrogens is 438 g/mol. The maximum Gasteiger partial charge on any atom is 0.341 e. The van der Waals surface area contributed by atoms with Gasteiger partial charge in [-0.15, -0.1) is 0 Å². The second-order valence-electron chi connectivity index (χ2n) is 6.84.